The largest absolute Gasteiger partial charge is 0.480 e. The summed E-state index contributed by atoms with van der Waals surface area (Å²) in [5.74, 6) is -2.18. The van der Waals surface area contributed by atoms with Crippen molar-refractivity contribution in [2.24, 2.45) is 0 Å². The van der Waals surface area contributed by atoms with Gasteiger partial charge in [-0.05, 0) is 36.4 Å². The highest BCUT2D eigenvalue weighted by Gasteiger charge is 2.54. The van der Waals surface area contributed by atoms with E-state index < -0.39 is 29.5 Å². The van der Waals surface area contributed by atoms with Crippen LogP contribution < -0.4 is 0 Å². The Morgan fingerprint density at radius 1 is 0.933 bits per heavy atom. The van der Waals surface area contributed by atoms with Crippen LogP contribution in [-0.2, 0) is 9.53 Å². The number of carbonyl (C=O) groups is 3. The van der Waals surface area contributed by atoms with Crippen molar-refractivity contribution in [2.75, 3.05) is 19.7 Å². The molecule has 1 atom stereocenters. The van der Waals surface area contributed by atoms with E-state index in [2.05, 4.69) is 0 Å². The summed E-state index contributed by atoms with van der Waals surface area (Å²) < 4.78 is 19.0. The van der Waals surface area contributed by atoms with Gasteiger partial charge in [-0.25, -0.2) is 9.18 Å². The number of carbonyl (C=O) groups excluding carboxylic acids is 2. The number of ether oxygens (including phenoxy) is 1. The van der Waals surface area contributed by atoms with Gasteiger partial charge in [-0.2, -0.15) is 0 Å². The summed E-state index contributed by atoms with van der Waals surface area (Å²) in [6.45, 7) is 0.488. The minimum Gasteiger partial charge on any atom is -0.480 e. The minimum absolute atomic E-state index is 0.0974. The maximum Gasteiger partial charge on any atom is 0.328 e. The zero-order valence-corrected chi connectivity index (χ0v) is 16.2. The normalized spacial score (nSPS) is 20.4. The molecule has 4 rings (SSSR count). The Morgan fingerprint density at radius 2 is 1.53 bits per heavy atom. The number of hydrogen-bond donors (Lipinski definition) is 1. The van der Waals surface area contributed by atoms with Gasteiger partial charge in [-0.1, -0.05) is 18.2 Å². The number of carboxylic acids is 1. The first-order valence-corrected chi connectivity index (χ1v) is 9.72. The van der Waals surface area contributed by atoms with Crippen molar-refractivity contribution in [3.05, 3.63) is 71.5 Å². The lowest BCUT2D eigenvalue weighted by Crippen LogP contribution is -2.58. The molecule has 2 heterocycles. The number of benzene rings is 2. The van der Waals surface area contributed by atoms with Crippen molar-refractivity contribution in [3.8, 4) is 0 Å². The molecular weight excluding hydrogens is 391 g/mol. The second-order valence-electron chi connectivity index (χ2n) is 7.45. The zero-order valence-electron chi connectivity index (χ0n) is 16.2. The average molecular weight is 412 g/mol. The van der Waals surface area contributed by atoms with Gasteiger partial charge in [0.15, 0.2) is 6.04 Å². The number of amides is 2. The van der Waals surface area contributed by atoms with Gasteiger partial charge < -0.3 is 14.7 Å². The lowest BCUT2D eigenvalue weighted by Gasteiger charge is -2.44. The number of carboxylic acid groups (broad SMARTS) is 1. The summed E-state index contributed by atoms with van der Waals surface area (Å²) in [6.07, 6.45) is 0.588. The highest BCUT2D eigenvalue weighted by molar-refractivity contribution is 5.97. The number of halogens is 1. The van der Waals surface area contributed by atoms with E-state index in [0.29, 0.717) is 37.1 Å². The van der Waals surface area contributed by atoms with E-state index in [9.17, 15) is 23.9 Å². The third-order valence-electron chi connectivity index (χ3n) is 5.71. The molecule has 156 valence electrons. The standard InChI is InChI=1S/C22H21FN2O5/c23-17-8-6-16(7-9-17)19(26)24-12-10-22(11-13-24)25(18(14-30-22)21(28)29)20(27)15-4-2-1-3-5-15/h1-9,18H,10-14H2,(H,28,29)/t18-/m1/s1. The van der Waals surface area contributed by atoms with Crippen LogP contribution in [0.3, 0.4) is 0 Å². The van der Waals surface area contributed by atoms with E-state index in [1.807, 2.05) is 0 Å². The van der Waals surface area contributed by atoms with Crippen molar-refractivity contribution in [3.63, 3.8) is 0 Å². The summed E-state index contributed by atoms with van der Waals surface area (Å²) >= 11 is 0. The fourth-order valence-electron chi connectivity index (χ4n) is 4.11. The third-order valence-corrected chi connectivity index (χ3v) is 5.71. The van der Waals surface area contributed by atoms with Crippen molar-refractivity contribution < 1.29 is 28.6 Å². The van der Waals surface area contributed by atoms with Crippen molar-refractivity contribution >= 4 is 17.8 Å². The van der Waals surface area contributed by atoms with Crippen LogP contribution in [0.15, 0.2) is 54.6 Å². The summed E-state index contributed by atoms with van der Waals surface area (Å²) in [4.78, 5) is 40.6. The molecule has 0 aromatic heterocycles. The van der Waals surface area contributed by atoms with E-state index >= 15 is 0 Å². The molecule has 8 heteroatoms. The molecule has 2 aromatic carbocycles. The summed E-state index contributed by atoms with van der Waals surface area (Å²) in [7, 11) is 0. The molecule has 7 nitrogen and oxygen atoms in total. The van der Waals surface area contributed by atoms with Gasteiger partial charge in [0.2, 0.25) is 0 Å². The number of rotatable bonds is 3. The van der Waals surface area contributed by atoms with E-state index in [1.165, 1.54) is 29.2 Å². The lowest BCUT2D eigenvalue weighted by molar-refractivity contribution is -0.143. The Morgan fingerprint density at radius 3 is 2.13 bits per heavy atom. The number of piperidine rings is 1. The summed E-state index contributed by atoms with van der Waals surface area (Å²) in [5, 5.41) is 9.64. The van der Waals surface area contributed by atoms with Crippen LogP contribution in [0.1, 0.15) is 33.6 Å². The van der Waals surface area contributed by atoms with Gasteiger partial charge in [0.05, 0.1) is 6.61 Å². The highest BCUT2D eigenvalue weighted by Crippen LogP contribution is 2.38. The summed E-state index contributed by atoms with van der Waals surface area (Å²) in [5.41, 5.74) is -0.311. The van der Waals surface area contributed by atoms with Crippen LogP contribution in [0.25, 0.3) is 0 Å². The minimum atomic E-state index is -1.12. The van der Waals surface area contributed by atoms with Crippen LogP contribution in [-0.4, -0.2) is 64.2 Å². The molecule has 2 aromatic rings. The summed E-state index contributed by atoms with van der Waals surface area (Å²) in [6, 6.07) is 12.7. The smallest absolute Gasteiger partial charge is 0.328 e. The predicted octanol–water partition coefficient (Wildman–Crippen LogP) is 2.38. The molecule has 0 aliphatic carbocycles. The Bertz CT molecular complexity index is 955. The maximum absolute atomic E-state index is 13.2. The molecule has 0 unspecified atom stereocenters. The molecule has 30 heavy (non-hydrogen) atoms. The van der Waals surface area contributed by atoms with E-state index in [4.69, 9.17) is 4.74 Å². The molecule has 0 saturated carbocycles. The SMILES string of the molecule is O=C(O)[C@H]1COC2(CCN(C(=O)c3ccc(F)cc3)CC2)N1C(=O)c1ccccc1. The number of likely N-dealkylation sites (tertiary alicyclic amines) is 1. The first-order chi connectivity index (χ1) is 14.4. The molecule has 2 aliphatic heterocycles. The van der Waals surface area contributed by atoms with Gasteiger partial charge in [-0.3, -0.25) is 14.5 Å². The monoisotopic (exact) mass is 412 g/mol. The van der Waals surface area contributed by atoms with Crippen LogP contribution in [0.2, 0.25) is 0 Å². The van der Waals surface area contributed by atoms with Crippen molar-refractivity contribution in [2.45, 2.75) is 24.6 Å². The molecule has 1 spiro atoms. The first kappa shape index (κ1) is 20.0. The molecule has 2 fully saturated rings. The Kier molecular flexibility index (Phi) is 5.26. The molecule has 1 N–H and O–H groups in total. The molecule has 0 bridgehead atoms. The fourth-order valence-corrected chi connectivity index (χ4v) is 4.11. The van der Waals surface area contributed by atoms with Gasteiger partial charge in [0, 0.05) is 37.1 Å². The molecule has 2 aliphatic rings. The van der Waals surface area contributed by atoms with Crippen molar-refractivity contribution in [1.82, 2.24) is 9.80 Å². The zero-order chi connectivity index (χ0) is 21.3. The number of hydrogen-bond acceptors (Lipinski definition) is 4. The maximum atomic E-state index is 13.2. The fraction of sp³-hybridized carbons (Fsp3) is 0.318. The molecular formula is C22H21FN2O5. The van der Waals surface area contributed by atoms with E-state index in [1.54, 1.807) is 35.2 Å². The van der Waals surface area contributed by atoms with Crippen LogP contribution in [0, 0.1) is 5.82 Å². The third kappa shape index (κ3) is 3.54. The first-order valence-electron chi connectivity index (χ1n) is 9.72. The lowest BCUT2D eigenvalue weighted by atomic mass is 9.96. The second kappa shape index (κ2) is 7.87. The molecule has 2 amide bonds. The van der Waals surface area contributed by atoms with Crippen LogP contribution in [0.4, 0.5) is 4.39 Å². The Balaban J connectivity index is 1.54. The Labute approximate surface area is 172 Å². The van der Waals surface area contributed by atoms with Gasteiger partial charge in [0.25, 0.3) is 11.8 Å². The quantitative estimate of drug-likeness (QED) is 0.837. The number of aliphatic carboxylic acids is 1. The number of nitrogens with zero attached hydrogens (tertiary/aromatic N) is 2. The van der Waals surface area contributed by atoms with Crippen LogP contribution in [0.5, 0.6) is 0 Å². The van der Waals surface area contributed by atoms with Gasteiger partial charge in [0.1, 0.15) is 11.5 Å². The second-order valence-corrected chi connectivity index (χ2v) is 7.45. The topological polar surface area (TPSA) is 87.2 Å². The van der Waals surface area contributed by atoms with E-state index in [0.717, 1.165) is 0 Å². The van der Waals surface area contributed by atoms with E-state index in [-0.39, 0.29) is 12.5 Å². The molecule has 2 saturated heterocycles. The Hall–Kier alpha value is -3.26. The average Bonchev–Trinajstić information content (AvgIpc) is 3.13. The van der Waals surface area contributed by atoms with Gasteiger partial charge in [-0.15, -0.1) is 0 Å². The highest BCUT2D eigenvalue weighted by atomic mass is 19.1. The van der Waals surface area contributed by atoms with Crippen molar-refractivity contribution in [1.29, 1.82) is 0 Å². The molecule has 0 radical (unpaired) electrons. The van der Waals surface area contributed by atoms with Gasteiger partial charge >= 0.3 is 5.97 Å². The van der Waals surface area contributed by atoms with Crippen LogP contribution >= 0.6 is 0 Å². The predicted molar refractivity (Wildman–Crippen MR) is 104 cm³/mol.